The lowest BCUT2D eigenvalue weighted by Crippen LogP contribution is -2.52. The molecule has 7 nitrogen and oxygen atoms in total. The maximum Gasteiger partial charge on any atom is 0.272 e. The van der Waals surface area contributed by atoms with Crippen molar-refractivity contribution in [2.24, 2.45) is 0 Å². The van der Waals surface area contributed by atoms with Gasteiger partial charge in [0, 0.05) is 27.1 Å². The summed E-state index contributed by atoms with van der Waals surface area (Å²) in [5.74, 6) is -0.111. The van der Waals surface area contributed by atoms with Gasteiger partial charge in [0.1, 0.15) is 5.69 Å². The number of carbonyl (C=O) groups excluding carboxylic acids is 2. The smallest absolute Gasteiger partial charge is 0.272 e. The molecule has 1 fully saturated rings. The molecule has 2 atom stereocenters. The lowest BCUT2D eigenvalue weighted by molar-refractivity contribution is -0.121. The molecule has 1 aliphatic rings. The van der Waals surface area contributed by atoms with Crippen LogP contribution in [0.3, 0.4) is 0 Å². The van der Waals surface area contributed by atoms with Crippen molar-refractivity contribution >= 4 is 11.8 Å². The fourth-order valence-corrected chi connectivity index (χ4v) is 2.82. The Kier molecular flexibility index (Phi) is 5.32. The molecular weight excluding hydrogens is 272 g/mol. The average molecular weight is 294 g/mol. The predicted molar refractivity (Wildman–Crippen MR) is 76.7 cm³/mol. The number of amides is 2. The van der Waals surface area contributed by atoms with Crippen LogP contribution >= 0.6 is 0 Å². The number of likely N-dealkylation sites (tertiary alicyclic amines) is 1. The number of ether oxygens (including phenoxy) is 1. The van der Waals surface area contributed by atoms with E-state index in [0.29, 0.717) is 25.1 Å². The first-order valence-corrected chi connectivity index (χ1v) is 7.20. The van der Waals surface area contributed by atoms with Crippen LogP contribution in [0.5, 0.6) is 0 Å². The van der Waals surface area contributed by atoms with Crippen molar-refractivity contribution in [2.75, 3.05) is 20.7 Å². The van der Waals surface area contributed by atoms with Gasteiger partial charge in [-0.3, -0.25) is 9.59 Å². The Bertz CT molecular complexity index is 475. The van der Waals surface area contributed by atoms with Crippen molar-refractivity contribution < 1.29 is 14.3 Å². The first-order chi connectivity index (χ1) is 10.2. The molecule has 0 aromatic carbocycles. The maximum atomic E-state index is 12.5. The molecule has 2 N–H and O–H groups in total. The summed E-state index contributed by atoms with van der Waals surface area (Å²) in [4.78, 5) is 32.6. The molecule has 0 radical (unpaired) electrons. The van der Waals surface area contributed by atoms with E-state index in [4.69, 9.17) is 4.74 Å². The van der Waals surface area contributed by atoms with Crippen LogP contribution in [0, 0.1) is 0 Å². The highest BCUT2D eigenvalue weighted by Gasteiger charge is 2.35. The molecule has 1 saturated heterocycles. The van der Waals surface area contributed by atoms with Crippen LogP contribution in [0.15, 0.2) is 12.5 Å². The number of hydrogen-bond acceptors (Lipinski definition) is 4. The number of rotatable bonds is 5. The first kappa shape index (κ1) is 15.5. The Morgan fingerprint density at radius 2 is 2.38 bits per heavy atom. The average Bonchev–Trinajstić information content (AvgIpc) is 3.05. The van der Waals surface area contributed by atoms with E-state index < -0.39 is 0 Å². The van der Waals surface area contributed by atoms with Gasteiger partial charge in [0.05, 0.1) is 24.7 Å². The van der Waals surface area contributed by atoms with E-state index in [1.807, 2.05) is 0 Å². The summed E-state index contributed by atoms with van der Waals surface area (Å²) in [7, 11) is 3.27. The maximum absolute atomic E-state index is 12.5. The lowest BCUT2D eigenvalue weighted by Gasteiger charge is -2.40. The topological polar surface area (TPSA) is 87.3 Å². The molecular formula is C14H22N4O3. The zero-order chi connectivity index (χ0) is 15.2. The summed E-state index contributed by atoms with van der Waals surface area (Å²) in [5, 5.41) is 2.61. The normalized spacial score (nSPS) is 22.1. The molecule has 7 heteroatoms. The monoisotopic (exact) mass is 294 g/mol. The molecule has 1 aromatic heterocycles. The molecule has 1 aliphatic heterocycles. The second kappa shape index (κ2) is 7.21. The zero-order valence-electron chi connectivity index (χ0n) is 12.5. The third kappa shape index (κ3) is 3.60. The van der Waals surface area contributed by atoms with Crippen LogP contribution in [-0.2, 0) is 9.53 Å². The van der Waals surface area contributed by atoms with Crippen LogP contribution in [0.2, 0.25) is 0 Å². The third-order valence-corrected chi connectivity index (χ3v) is 3.96. The standard InChI is InChI=1S/C14H22N4O3/c1-15-13(19)6-5-11-12(21-2)4-3-7-18(11)14(20)10-8-16-9-17-10/h8-9,11-12H,3-7H2,1-2H3,(H,15,19)(H,16,17)/t11-,12-/m0/s1. The summed E-state index contributed by atoms with van der Waals surface area (Å²) >= 11 is 0. The van der Waals surface area contributed by atoms with Gasteiger partial charge in [-0.2, -0.15) is 0 Å². The molecule has 2 amide bonds. The van der Waals surface area contributed by atoms with Crippen LogP contribution in [0.1, 0.15) is 36.2 Å². The number of nitrogens with one attached hydrogen (secondary N) is 2. The van der Waals surface area contributed by atoms with Gasteiger partial charge in [-0.05, 0) is 19.3 Å². The van der Waals surface area contributed by atoms with Crippen molar-refractivity contribution in [3.05, 3.63) is 18.2 Å². The highest BCUT2D eigenvalue weighted by Crippen LogP contribution is 2.25. The zero-order valence-corrected chi connectivity index (χ0v) is 12.5. The van der Waals surface area contributed by atoms with Crippen molar-refractivity contribution in [1.82, 2.24) is 20.2 Å². The van der Waals surface area contributed by atoms with E-state index >= 15 is 0 Å². The first-order valence-electron chi connectivity index (χ1n) is 7.20. The predicted octanol–water partition coefficient (Wildman–Crippen LogP) is 0.555. The van der Waals surface area contributed by atoms with Gasteiger partial charge >= 0.3 is 0 Å². The lowest BCUT2D eigenvalue weighted by atomic mass is 9.94. The number of aromatic amines is 1. The van der Waals surface area contributed by atoms with Gasteiger partial charge in [-0.15, -0.1) is 0 Å². The fourth-order valence-electron chi connectivity index (χ4n) is 2.82. The van der Waals surface area contributed by atoms with Gasteiger partial charge in [0.2, 0.25) is 5.91 Å². The SMILES string of the molecule is CNC(=O)CC[C@H]1[C@@H](OC)CCCN1C(=O)c1cnc[nH]1. The van der Waals surface area contributed by atoms with E-state index in [2.05, 4.69) is 15.3 Å². The van der Waals surface area contributed by atoms with Crippen LogP contribution in [0.4, 0.5) is 0 Å². The van der Waals surface area contributed by atoms with E-state index in [1.165, 1.54) is 12.5 Å². The van der Waals surface area contributed by atoms with E-state index in [9.17, 15) is 9.59 Å². The molecule has 0 saturated carbocycles. The van der Waals surface area contributed by atoms with Crippen molar-refractivity contribution in [2.45, 2.75) is 37.8 Å². The number of nitrogens with zero attached hydrogens (tertiary/aromatic N) is 2. The third-order valence-electron chi connectivity index (χ3n) is 3.96. The Labute approximate surface area is 124 Å². The van der Waals surface area contributed by atoms with E-state index in [0.717, 1.165) is 12.8 Å². The highest BCUT2D eigenvalue weighted by molar-refractivity contribution is 5.92. The number of carbonyl (C=O) groups is 2. The minimum Gasteiger partial charge on any atom is -0.379 e. The minimum atomic E-state index is -0.0869. The molecule has 0 aliphatic carbocycles. The second-order valence-electron chi connectivity index (χ2n) is 5.16. The van der Waals surface area contributed by atoms with Gasteiger partial charge in [-0.25, -0.2) is 4.98 Å². The van der Waals surface area contributed by atoms with E-state index in [-0.39, 0.29) is 24.0 Å². The Hall–Kier alpha value is -1.89. The number of imidazole rings is 1. The summed E-state index contributed by atoms with van der Waals surface area (Å²) in [6.45, 7) is 0.677. The van der Waals surface area contributed by atoms with Gasteiger partial charge in [0.25, 0.3) is 5.91 Å². The summed E-state index contributed by atoms with van der Waals surface area (Å²) < 4.78 is 5.52. The Balaban J connectivity index is 2.11. The van der Waals surface area contributed by atoms with Crippen molar-refractivity contribution in [1.29, 1.82) is 0 Å². The van der Waals surface area contributed by atoms with Crippen LogP contribution in [0.25, 0.3) is 0 Å². The number of aromatic nitrogens is 2. The van der Waals surface area contributed by atoms with Gasteiger partial charge in [-0.1, -0.05) is 0 Å². The largest absolute Gasteiger partial charge is 0.379 e. The number of hydrogen-bond donors (Lipinski definition) is 2. The quantitative estimate of drug-likeness (QED) is 0.830. The molecule has 21 heavy (non-hydrogen) atoms. The summed E-state index contributed by atoms with van der Waals surface area (Å²) in [5.41, 5.74) is 0.469. The second-order valence-corrected chi connectivity index (χ2v) is 5.16. The minimum absolute atomic E-state index is 0.0237. The number of methoxy groups -OCH3 is 1. The molecule has 0 spiro atoms. The van der Waals surface area contributed by atoms with Crippen LogP contribution in [-0.4, -0.2) is 59.5 Å². The highest BCUT2D eigenvalue weighted by atomic mass is 16.5. The summed E-state index contributed by atoms with van der Waals surface area (Å²) in [6, 6.07) is -0.0862. The fraction of sp³-hybridized carbons (Fsp3) is 0.643. The van der Waals surface area contributed by atoms with Crippen LogP contribution < -0.4 is 5.32 Å². The number of H-pyrrole nitrogens is 1. The van der Waals surface area contributed by atoms with Crippen molar-refractivity contribution in [3.8, 4) is 0 Å². The Morgan fingerprint density at radius 1 is 1.57 bits per heavy atom. The summed E-state index contributed by atoms with van der Waals surface area (Å²) in [6.07, 6.45) is 5.76. The number of piperidine rings is 1. The molecule has 0 unspecified atom stereocenters. The molecule has 2 rings (SSSR count). The van der Waals surface area contributed by atoms with E-state index in [1.54, 1.807) is 19.1 Å². The molecule has 2 heterocycles. The van der Waals surface area contributed by atoms with Gasteiger partial charge < -0.3 is 19.9 Å². The van der Waals surface area contributed by atoms with Crippen molar-refractivity contribution in [3.63, 3.8) is 0 Å². The molecule has 1 aromatic rings. The van der Waals surface area contributed by atoms with Gasteiger partial charge in [0.15, 0.2) is 0 Å². The Morgan fingerprint density at radius 3 is 3.00 bits per heavy atom. The molecule has 116 valence electrons. The molecule has 0 bridgehead atoms.